The second-order valence-corrected chi connectivity index (χ2v) is 3.67. The molecule has 0 radical (unpaired) electrons. The molecule has 0 aromatic carbocycles. The van der Waals surface area contributed by atoms with Crippen LogP contribution in [0.3, 0.4) is 0 Å². The second kappa shape index (κ2) is 4.45. The lowest BCUT2D eigenvalue weighted by Gasteiger charge is -2.13. The number of amides is 1. The van der Waals surface area contributed by atoms with Crippen LogP contribution in [0, 0.1) is 11.8 Å². The van der Waals surface area contributed by atoms with Crippen molar-refractivity contribution >= 4 is 5.91 Å². The summed E-state index contributed by atoms with van der Waals surface area (Å²) in [5.41, 5.74) is 0. The van der Waals surface area contributed by atoms with Gasteiger partial charge in [-0.3, -0.25) is 4.79 Å². The zero-order chi connectivity index (χ0) is 8.97. The van der Waals surface area contributed by atoms with Crippen LogP contribution in [0.2, 0.25) is 0 Å². The molecule has 0 unspecified atom stereocenters. The molecule has 1 aliphatic rings. The first-order valence-corrected chi connectivity index (χ1v) is 4.65. The van der Waals surface area contributed by atoms with Crippen molar-refractivity contribution in [1.29, 1.82) is 0 Å². The van der Waals surface area contributed by atoms with Gasteiger partial charge in [-0.25, -0.2) is 0 Å². The van der Waals surface area contributed by atoms with E-state index in [1.54, 1.807) is 6.92 Å². The summed E-state index contributed by atoms with van der Waals surface area (Å²) < 4.78 is 0. The van der Waals surface area contributed by atoms with E-state index in [0.717, 1.165) is 37.9 Å². The molecule has 1 amide bonds. The zero-order valence-electron chi connectivity index (χ0n) is 7.89. The molecule has 2 atom stereocenters. The summed E-state index contributed by atoms with van der Waals surface area (Å²) in [5.74, 6) is 1.59. The molecule has 0 bridgehead atoms. The molecule has 0 spiro atoms. The van der Waals surface area contributed by atoms with Crippen molar-refractivity contribution in [1.82, 2.24) is 10.6 Å². The highest BCUT2D eigenvalue weighted by atomic mass is 16.1. The molecule has 0 saturated carbocycles. The van der Waals surface area contributed by atoms with Gasteiger partial charge in [-0.2, -0.15) is 0 Å². The Morgan fingerprint density at radius 2 is 2.33 bits per heavy atom. The molecule has 1 fully saturated rings. The van der Waals surface area contributed by atoms with E-state index in [0.29, 0.717) is 0 Å². The van der Waals surface area contributed by atoms with Gasteiger partial charge < -0.3 is 10.6 Å². The van der Waals surface area contributed by atoms with Gasteiger partial charge in [0.1, 0.15) is 0 Å². The van der Waals surface area contributed by atoms with Crippen LogP contribution in [0.5, 0.6) is 0 Å². The highest BCUT2D eigenvalue weighted by molar-refractivity contribution is 5.72. The summed E-state index contributed by atoms with van der Waals surface area (Å²) in [6.07, 6.45) is 1.10. The summed E-state index contributed by atoms with van der Waals surface area (Å²) in [6, 6.07) is 0. The Labute approximate surface area is 73.9 Å². The largest absolute Gasteiger partial charge is 0.356 e. The second-order valence-electron chi connectivity index (χ2n) is 3.67. The summed E-state index contributed by atoms with van der Waals surface area (Å²) >= 11 is 0. The third-order valence-electron chi connectivity index (χ3n) is 2.57. The lowest BCUT2D eigenvalue weighted by molar-refractivity contribution is -0.119. The molecular formula is C9H18N2O. The Balaban J connectivity index is 2.10. The van der Waals surface area contributed by atoms with E-state index < -0.39 is 0 Å². The summed E-state index contributed by atoms with van der Waals surface area (Å²) in [5, 5.41) is 6.17. The van der Waals surface area contributed by atoms with Gasteiger partial charge in [0.05, 0.1) is 0 Å². The fourth-order valence-electron chi connectivity index (χ4n) is 1.68. The van der Waals surface area contributed by atoms with E-state index in [4.69, 9.17) is 0 Å². The molecular weight excluding hydrogens is 152 g/mol. The third-order valence-corrected chi connectivity index (χ3v) is 2.57. The Morgan fingerprint density at radius 3 is 2.83 bits per heavy atom. The number of hydrogen-bond acceptors (Lipinski definition) is 2. The van der Waals surface area contributed by atoms with E-state index in [1.807, 2.05) is 0 Å². The fourth-order valence-corrected chi connectivity index (χ4v) is 1.68. The molecule has 1 aliphatic heterocycles. The van der Waals surface area contributed by atoms with Crippen LogP contribution in [0.1, 0.15) is 20.3 Å². The topological polar surface area (TPSA) is 41.1 Å². The maximum Gasteiger partial charge on any atom is 0.216 e. The van der Waals surface area contributed by atoms with Gasteiger partial charge in [0, 0.05) is 13.5 Å². The Morgan fingerprint density at radius 1 is 1.58 bits per heavy atom. The molecule has 70 valence electrons. The van der Waals surface area contributed by atoms with E-state index >= 15 is 0 Å². The van der Waals surface area contributed by atoms with Gasteiger partial charge in [-0.1, -0.05) is 6.92 Å². The number of rotatable bonds is 3. The quantitative estimate of drug-likeness (QED) is 0.642. The van der Waals surface area contributed by atoms with Crippen LogP contribution < -0.4 is 10.6 Å². The Kier molecular flexibility index (Phi) is 3.53. The Bertz CT molecular complexity index is 159. The predicted octanol–water partition coefficient (Wildman–Crippen LogP) is 0.368. The molecule has 3 nitrogen and oxygen atoms in total. The van der Waals surface area contributed by atoms with Crippen LogP contribution in [0.15, 0.2) is 0 Å². The highest BCUT2D eigenvalue weighted by Gasteiger charge is 2.21. The predicted molar refractivity (Wildman–Crippen MR) is 48.8 cm³/mol. The minimum Gasteiger partial charge on any atom is -0.356 e. The molecule has 12 heavy (non-hydrogen) atoms. The molecule has 1 saturated heterocycles. The fraction of sp³-hybridized carbons (Fsp3) is 0.889. The molecule has 1 heterocycles. The van der Waals surface area contributed by atoms with Crippen LogP contribution in [0.25, 0.3) is 0 Å². The van der Waals surface area contributed by atoms with Crippen molar-refractivity contribution in [3.8, 4) is 0 Å². The van der Waals surface area contributed by atoms with Crippen molar-refractivity contribution in [2.24, 2.45) is 11.8 Å². The van der Waals surface area contributed by atoms with Crippen LogP contribution >= 0.6 is 0 Å². The standard InChI is InChI=1S/C9H18N2O/c1-7-5-10-6-9(7)3-4-11-8(2)12/h7,9-10H,3-6H2,1-2H3,(H,11,12)/t7-,9-/m1/s1. The zero-order valence-corrected chi connectivity index (χ0v) is 7.89. The minimum atomic E-state index is 0.0774. The molecule has 1 rings (SSSR count). The van der Waals surface area contributed by atoms with Gasteiger partial charge in [0.25, 0.3) is 0 Å². The molecule has 0 aromatic rings. The molecule has 3 heteroatoms. The van der Waals surface area contributed by atoms with Crippen LogP contribution in [-0.2, 0) is 4.79 Å². The first-order chi connectivity index (χ1) is 5.70. The summed E-state index contributed by atoms with van der Waals surface area (Å²) in [4.78, 5) is 10.6. The van der Waals surface area contributed by atoms with Gasteiger partial charge in [-0.05, 0) is 31.3 Å². The smallest absolute Gasteiger partial charge is 0.216 e. The van der Waals surface area contributed by atoms with E-state index in [-0.39, 0.29) is 5.91 Å². The monoisotopic (exact) mass is 170 g/mol. The highest BCUT2D eigenvalue weighted by Crippen LogP contribution is 2.18. The van der Waals surface area contributed by atoms with Crippen molar-refractivity contribution in [2.75, 3.05) is 19.6 Å². The number of hydrogen-bond donors (Lipinski definition) is 2. The number of carbonyl (C=O) groups is 1. The van der Waals surface area contributed by atoms with Crippen molar-refractivity contribution < 1.29 is 4.79 Å². The van der Waals surface area contributed by atoms with Crippen molar-refractivity contribution in [2.45, 2.75) is 20.3 Å². The normalized spacial score (nSPS) is 28.8. The Hall–Kier alpha value is -0.570. The average Bonchev–Trinajstić information content (AvgIpc) is 2.36. The van der Waals surface area contributed by atoms with Crippen molar-refractivity contribution in [3.05, 3.63) is 0 Å². The number of nitrogens with one attached hydrogen (secondary N) is 2. The molecule has 0 aliphatic carbocycles. The van der Waals surface area contributed by atoms with Gasteiger partial charge in [0.15, 0.2) is 0 Å². The first kappa shape index (κ1) is 9.52. The summed E-state index contributed by atoms with van der Waals surface area (Å²) in [7, 11) is 0. The maximum atomic E-state index is 10.6. The SMILES string of the molecule is CC(=O)NCC[C@@H]1CNC[C@H]1C. The minimum absolute atomic E-state index is 0.0774. The third kappa shape index (κ3) is 2.81. The van der Waals surface area contributed by atoms with Crippen LogP contribution in [-0.4, -0.2) is 25.5 Å². The number of carbonyl (C=O) groups excluding carboxylic acids is 1. The van der Waals surface area contributed by atoms with E-state index in [1.165, 1.54) is 0 Å². The lowest BCUT2D eigenvalue weighted by Crippen LogP contribution is -2.24. The lowest BCUT2D eigenvalue weighted by atomic mass is 9.95. The van der Waals surface area contributed by atoms with E-state index in [9.17, 15) is 4.79 Å². The van der Waals surface area contributed by atoms with Crippen LogP contribution in [0.4, 0.5) is 0 Å². The maximum absolute atomic E-state index is 10.6. The first-order valence-electron chi connectivity index (χ1n) is 4.65. The molecule has 2 N–H and O–H groups in total. The van der Waals surface area contributed by atoms with Crippen molar-refractivity contribution in [3.63, 3.8) is 0 Å². The van der Waals surface area contributed by atoms with Gasteiger partial charge in [-0.15, -0.1) is 0 Å². The van der Waals surface area contributed by atoms with Gasteiger partial charge in [0.2, 0.25) is 5.91 Å². The summed E-state index contributed by atoms with van der Waals surface area (Å²) in [6.45, 7) is 6.90. The van der Waals surface area contributed by atoms with E-state index in [2.05, 4.69) is 17.6 Å². The molecule has 0 aromatic heterocycles. The van der Waals surface area contributed by atoms with Gasteiger partial charge >= 0.3 is 0 Å². The average molecular weight is 170 g/mol.